The normalized spacial score (nSPS) is 12.4. The molecule has 100 valence electrons. The fourth-order valence-corrected chi connectivity index (χ4v) is 1.84. The SMILES string of the molecule is CCC(CC)C(N)CNc1ccc(C(N)=O)nn1. The van der Waals surface area contributed by atoms with Crippen molar-refractivity contribution in [3.63, 3.8) is 0 Å². The fourth-order valence-electron chi connectivity index (χ4n) is 1.84. The number of anilines is 1. The summed E-state index contributed by atoms with van der Waals surface area (Å²) in [4.78, 5) is 10.8. The number of rotatable bonds is 7. The van der Waals surface area contributed by atoms with E-state index in [4.69, 9.17) is 11.5 Å². The molecule has 0 bridgehead atoms. The van der Waals surface area contributed by atoms with Gasteiger partial charge in [0.1, 0.15) is 5.82 Å². The maximum absolute atomic E-state index is 10.8. The molecule has 1 aromatic heterocycles. The molecule has 1 rings (SSSR count). The van der Waals surface area contributed by atoms with Gasteiger partial charge in [-0.15, -0.1) is 10.2 Å². The van der Waals surface area contributed by atoms with Gasteiger partial charge in [-0.1, -0.05) is 26.7 Å². The molecule has 6 nitrogen and oxygen atoms in total. The Balaban J connectivity index is 2.50. The maximum Gasteiger partial charge on any atom is 0.269 e. The fraction of sp³-hybridized carbons (Fsp3) is 0.583. The van der Waals surface area contributed by atoms with Crippen LogP contribution in [0, 0.1) is 5.92 Å². The first-order valence-corrected chi connectivity index (χ1v) is 6.21. The monoisotopic (exact) mass is 251 g/mol. The molecule has 1 amide bonds. The Morgan fingerprint density at radius 2 is 2.00 bits per heavy atom. The van der Waals surface area contributed by atoms with E-state index in [2.05, 4.69) is 29.4 Å². The second-order valence-corrected chi connectivity index (χ2v) is 4.29. The summed E-state index contributed by atoms with van der Waals surface area (Å²) in [6.07, 6.45) is 2.12. The lowest BCUT2D eigenvalue weighted by atomic mass is 9.95. The summed E-state index contributed by atoms with van der Waals surface area (Å²) in [5.41, 5.74) is 11.3. The van der Waals surface area contributed by atoms with Crippen molar-refractivity contribution < 1.29 is 4.79 Å². The first-order chi connectivity index (χ1) is 8.58. The van der Waals surface area contributed by atoms with Gasteiger partial charge in [0.2, 0.25) is 0 Å². The Morgan fingerprint density at radius 1 is 1.33 bits per heavy atom. The van der Waals surface area contributed by atoms with Gasteiger partial charge in [0.15, 0.2) is 5.69 Å². The summed E-state index contributed by atoms with van der Waals surface area (Å²) in [5.74, 6) is 0.513. The zero-order valence-electron chi connectivity index (χ0n) is 10.9. The molecule has 0 saturated heterocycles. The zero-order chi connectivity index (χ0) is 13.5. The highest BCUT2D eigenvalue weighted by Gasteiger charge is 2.13. The van der Waals surface area contributed by atoms with Crippen LogP contribution >= 0.6 is 0 Å². The maximum atomic E-state index is 10.8. The largest absolute Gasteiger partial charge is 0.367 e. The van der Waals surface area contributed by atoms with Crippen LogP contribution in [0.2, 0.25) is 0 Å². The molecule has 6 heteroatoms. The lowest BCUT2D eigenvalue weighted by Crippen LogP contribution is -2.36. The van der Waals surface area contributed by atoms with E-state index in [1.54, 1.807) is 12.1 Å². The summed E-state index contributed by atoms with van der Waals surface area (Å²) >= 11 is 0. The number of nitrogens with one attached hydrogen (secondary N) is 1. The Hall–Kier alpha value is -1.69. The van der Waals surface area contributed by atoms with Gasteiger partial charge in [0, 0.05) is 12.6 Å². The van der Waals surface area contributed by atoms with E-state index in [1.165, 1.54) is 0 Å². The van der Waals surface area contributed by atoms with Crippen LogP contribution in [-0.2, 0) is 0 Å². The van der Waals surface area contributed by atoms with Gasteiger partial charge in [-0.05, 0) is 18.1 Å². The molecule has 18 heavy (non-hydrogen) atoms. The Morgan fingerprint density at radius 3 is 2.44 bits per heavy atom. The second kappa shape index (κ2) is 6.90. The molecule has 0 aliphatic carbocycles. The molecular weight excluding hydrogens is 230 g/mol. The molecule has 0 aliphatic rings. The van der Waals surface area contributed by atoms with Gasteiger partial charge in [0.05, 0.1) is 0 Å². The third-order valence-corrected chi connectivity index (χ3v) is 3.09. The van der Waals surface area contributed by atoms with Crippen LogP contribution in [0.4, 0.5) is 5.82 Å². The van der Waals surface area contributed by atoms with Gasteiger partial charge < -0.3 is 16.8 Å². The molecule has 1 heterocycles. The highest BCUT2D eigenvalue weighted by Crippen LogP contribution is 2.12. The van der Waals surface area contributed by atoms with Crippen LogP contribution in [0.15, 0.2) is 12.1 Å². The van der Waals surface area contributed by atoms with Crippen LogP contribution < -0.4 is 16.8 Å². The zero-order valence-corrected chi connectivity index (χ0v) is 10.9. The van der Waals surface area contributed by atoms with Gasteiger partial charge in [-0.2, -0.15) is 0 Å². The molecular formula is C12H21N5O. The predicted octanol–water partition coefficient (Wildman–Crippen LogP) is 0.751. The minimum Gasteiger partial charge on any atom is -0.367 e. The second-order valence-electron chi connectivity index (χ2n) is 4.29. The molecule has 0 aromatic carbocycles. The molecule has 0 saturated carbocycles. The predicted molar refractivity (Wildman–Crippen MR) is 71.1 cm³/mol. The first-order valence-electron chi connectivity index (χ1n) is 6.21. The van der Waals surface area contributed by atoms with Crippen molar-refractivity contribution in [1.29, 1.82) is 0 Å². The van der Waals surface area contributed by atoms with Crippen molar-refractivity contribution in [2.75, 3.05) is 11.9 Å². The van der Waals surface area contributed by atoms with Crippen LogP contribution in [0.3, 0.4) is 0 Å². The molecule has 0 radical (unpaired) electrons. The molecule has 0 spiro atoms. The Kier molecular flexibility index (Phi) is 5.51. The van der Waals surface area contributed by atoms with Crippen molar-refractivity contribution in [2.24, 2.45) is 17.4 Å². The minimum atomic E-state index is -0.581. The number of hydrogen-bond acceptors (Lipinski definition) is 5. The summed E-state index contributed by atoms with van der Waals surface area (Å²) < 4.78 is 0. The van der Waals surface area contributed by atoms with Crippen LogP contribution in [-0.4, -0.2) is 28.7 Å². The average Bonchev–Trinajstić information content (AvgIpc) is 2.38. The highest BCUT2D eigenvalue weighted by molar-refractivity contribution is 5.90. The van der Waals surface area contributed by atoms with E-state index < -0.39 is 5.91 Å². The van der Waals surface area contributed by atoms with E-state index in [0.29, 0.717) is 18.3 Å². The Bertz CT molecular complexity index is 375. The van der Waals surface area contributed by atoms with Gasteiger partial charge in [-0.25, -0.2) is 0 Å². The van der Waals surface area contributed by atoms with E-state index >= 15 is 0 Å². The number of carbonyl (C=O) groups excluding carboxylic acids is 1. The lowest BCUT2D eigenvalue weighted by molar-refractivity contribution is 0.0994. The summed E-state index contributed by atoms with van der Waals surface area (Å²) in [5, 5.41) is 10.7. The van der Waals surface area contributed by atoms with Crippen molar-refractivity contribution >= 4 is 11.7 Å². The third-order valence-electron chi connectivity index (χ3n) is 3.09. The first kappa shape index (κ1) is 14.4. The van der Waals surface area contributed by atoms with E-state index in [-0.39, 0.29) is 11.7 Å². The van der Waals surface area contributed by atoms with Crippen molar-refractivity contribution in [1.82, 2.24) is 10.2 Å². The smallest absolute Gasteiger partial charge is 0.269 e. The molecule has 1 atom stereocenters. The van der Waals surface area contributed by atoms with Gasteiger partial charge >= 0.3 is 0 Å². The number of nitrogens with two attached hydrogens (primary N) is 2. The number of amides is 1. The van der Waals surface area contributed by atoms with Gasteiger partial charge in [0.25, 0.3) is 5.91 Å². The molecule has 1 aromatic rings. The number of hydrogen-bond donors (Lipinski definition) is 3. The summed E-state index contributed by atoms with van der Waals surface area (Å²) in [6, 6.07) is 3.30. The average molecular weight is 251 g/mol. The van der Waals surface area contributed by atoms with Gasteiger partial charge in [-0.3, -0.25) is 4.79 Å². The third kappa shape index (κ3) is 3.96. The molecule has 0 fully saturated rings. The standard InChI is InChI=1S/C12H21N5O/c1-3-8(4-2)9(13)7-15-11-6-5-10(12(14)18)16-17-11/h5-6,8-9H,3-4,7,13H2,1-2H3,(H2,14,18)(H,15,17). The van der Waals surface area contributed by atoms with Crippen molar-refractivity contribution in [3.05, 3.63) is 17.8 Å². The van der Waals surface area contributed by atoms with Crippen LogP contribution in [0.1, 0.15) is 37.2 Å². The van der Waals surface area contributed by atoms with E-state index in [1.807, 2.05) is 0 Å². The number of aromatic nitrogens is 2. The van der Waals surface area contributed by atoms with Crippen LogP contribution in [0.5, 0.6) is 0 Å². The molecule has 5 N–H and O–H groups in total. The van der Waals surface area contributed by atoms with E-state index in [9.17, 15) is 4.79 Å². The van der Waals surface area contributed by atoms with Crippen molar-refractivity contribution in [3.8, 4) is 0 Å². The highest BCUT2D eigenvalue weighted by atomic mass is 16.1. The summed E-state index contributed by atoms with van der Waals surface area (Å²) in [7, 11) is 0. The quantitative estimate of drug-likeness (QED) is 0.663. The molecule has 0 aliphatic heterocycles. The summed E-state index contributed by atoms with van der Waals surface area (Å²) in [6.45, 7) is 4.90. The van der Waals surface area contributed by atoms with Crippen molar-refractivity contribution in [2.45, 2.75) is 32.7 Å². The Labute approximate surface area is 107 Å². The minimum absolute atomic E-state index is 0.0811. The topological polar surface area (TPSA) is 107 Å². The van der Waals surface area contributed by atoms with E-state index in [0.717, 1.165) is 12.8 Å². The molecule has 1 unspecified atom stereocenters. The lowest BCUT2D eigenvalue weighted by Gasteiger charge is -2.21. The number of primary amides is 1. The number of nitrogens with zero attached hydrogens (tertiary/aromatic N) is 2. The van der Waals surface area contributed by atoms with Crippen LogP contribution in [0.25, 0.3) is 0 Å². The number of carbonyl (C=O) groups is 1.